The molecule has 1 amide bonds. The van der Waals surface area contributed by atoms with Crippen LogP contribution in [0.25, 0.3) is 10.6 Å². The molecule has 0 spiro atoms. The molecule has 1 aromatic carbocycles. The molecule has 3 rings (SSSR count). The van der Waals surface area contributed by atoms with Crippen LogP contribution in [0.15, 0.2) is 29.6 Å². The highest BCUT2D eigenvalue weighted by Crippen LogP contribution is 2.35. The van der Waals surface area contributed by atoms with Crippen molar-refractivity contribution in [1.29, 1.82) is 0 Å². The van der Waals surface area contributed by atoms with E-state index >= 15 is 0 Å². The number of benzene rings is 1. The van der Waals surface area contributed by atoms with Gasteiger partial charge in [-0.1, -0.05) is 35.1 Å². The zero-order valence-electron chi connectivity index (χ0n) is 12.4. The van der Waals surface area contributed by atoms with Crippen LogP contribution in [-0.2, 0) is 4.79 Å². The van der Waals surface area contributed by atoms with Crippen molar-refractivity contribution in [2.75, 3.05) is 10.6 Å². The normalized spacial score (nSPS) is 10.6. The lowest BCUT2D eigenvalue weighted by molar-refractivity contribution is -0.114. The van der Waals surface area contributed by atoms with E-state index in [2.05, 4.69) is 20.6 Å². The lowest BCUT2D eigenvalue weighted by Gasteiger charge is -2.03. The maximum absolute atomic E-state index is 11.1. The van der Waals surface area contributed by atoms with Crippen LogP contribution in [0.1, 0.15) is 12.6 Å². The molecule has 0 saturated heterocycles. The molecule has 0 saturated carbocycles. The summed E-state index contributed by atoms with van der Waals surface area (Å²) in [6.07, 6.45) is 0. The summed E-state index contributed by atoms with van der Waals surface area (Å²) in [6, 6.07) is 7.52. The smallest absolute Gasteiger partial charge is 0.223 e. The van der Waals surface area contributed by atoms with E-state index in [1.807, 2.05) is 36.6 Å². The van der Waals surface area contributed by atoms with Crippen molar-refractivity contribution < 1.29 is 4.79 Å². The second kappa shape index (κ2) is 6.66. The van der Waals surface area contributed by atoms with Crippen LogP contribution in [-0.4, -0.2) is 15.9 Å². The first-order valence-electron chi connectivity index (χ1n) is 6.75. The van der Waals surface area contributed by atoms with E-state index in [9.17, 15) is 4.79 Å². The summed E-state index contributed by atoms with van der Waals surface area (Å²) in [7, 11) is 0. The van der Waals surface area contributed by atoms with E-state index < -0.39 is 0 Å². The summed E-state index contributed by atoms with van der Waals surface area (Å²) < 4.78 is 0. The average Bonchev–Trinajstić information content (AvgIpc) is 3.07. The Morgan fingerprint density at radius 2 is 2.00 bits per heavy atom. The maximum atomic E-state index is 11.1. The minimum atomic E-state index is -0.135. The highest BCUT2D eigenvalue weighted by atomic mass is 35.5. The first-order chi connectivity index (χ1) is 11.0. The molecule has 2 N–H and O–H groups in total. The molecular formula is C15H13ClN4OS2. The number of hydrogen-bond donors (Lipinski definition) is 2. The Kier molecular flexibility index (Phi) is 4.61. The molecule has 0 aliphatic carbocycles. The number of hydrogen-bond acceptors (Lipinski definition) is 6. The van der Waals surface area contributed by atoms with E-state index in [0.29, 0.717) is 10.2 Å². The Bertz CT molecular complexity index is 859. The summed E-state index contributed by atoms with van der Waals surface area (Å²) in [5.74, 6) is -0.135. The van der Waals surface area contributed by atoms with Crippen LogP contribution in [0.3, 0.4) is 0 Å². The monoisotopic (exact) mass is 364 g/mol. The summed E-state index contributed by atoms with van der Waals surface area (Å²) in [4.78, 5) is 21.0. The number of aromatic nitrogens is 2. The number of nitrogens with one attached hydrogen (secondary N) is 2. The number of para-hydroxylation sites is 1. The predicted molar refractivity (Wildman–Crippen MR) is 97.0 cm³/mol. The average molecular weight is 365 g/mol. The van der Waals surface area contributed by atoms with E-state index in [1.165, 1.54) is 29.6 Å². The first-order valence-corrected chi connectivity index (χ1v) is 8.83. The quantitative estimate of drug-likeness (QED) is 0.688. The highest BCUT2D eigenvalue weighted by molar-refractivity contribution is 7.20. The van der Waals surface area contributed by atoms with Gasteiger partial charge in [0, 0.05) is 12.3 Å². The van der Waals surface area contributed by atoms with E-state index in [0.717, 1.165) is 27.1 Å². The Morgan fingerprint density at radius 1 is 1.22 bits per heavy atom. The third kappa shape index (κ3) is 3.69. The van der Waals surface area contributed by atoms with Gasteiger partial charge in [0.2, 0.25) is 5.91 Å². The fraction of sp³-hybridized carbons (Fsp3) is 0.133. The van der Waals surface area contributed by atoms with Crippen LogP contribution >= 0.6 is 34.3 Å². The van der Waals surface area contributed by atoms with Crippen molar-refractivity contribution >= 4 is 56.1 Å². The molecule has 3 aromatic rings. The number of amides is 1. The fourth-order valence-corrected chi connectivity index (χ4v) is 3.90. The molecule has 0 unspecified atom stereocenters. The topological polar surface area (TPSA) is 66.9 Å². The van der Waals surface area contributed by atoms with E-state index in [4.69, 9.17) is 11.6 Å². The van der Waals surface area contributed by atoms with Gasteiger partial charge in [0.05, 0.1) is 27.0 Å². The fourth-order valence-electron chi connectivity index (χ4n) is 1.95. The molecule has 8 heteroatoms. The summed E-state index contributed by atoms with van der Waals surface area (Å²) in [5, 5.41) is 9.85. The number of rotatable bonds is 4. The second-order valence-corrected chi connectivity index (χ2v) is 7.02. The van der Waals surface area contributed by atoms with Crippen LogP contribution in [0.4, 0.5) is 16.0 Å². The van der Waals surface area contributed by atoms with Gasteiger partial charge < -0.3 is 10.6 Å². The van der Waals surface area contributed by atoms with Crippen molar-refractivity contribution in [2.24, 2.45) is 0 Å². The van der Waals surface area contributed by atoms with Crippen molar-refractivity contribution in [2.45, 2.75) is 13.8 Å². The summed E-state index contributed by atoms with van der Waals surface area (Å²) in [6.45, 7) is 3.36. The number of aryl methyl sites for hydroxylation is 1. The van der Waals surface area contributed by atoms with Crippen LogP contribution in [0.2, 0.25) is 5.02 Å². The molecule has 23 heavy (non-hydrogen) atoms. The third-order valence-corrected chi connectivity index (χ3v) is 5.11. The van der Waals surface area contributed by atoms with Gasteiger partial charge in [-0.15, -0.1) is 11.3 Å². The molecule has 2 heterocycles. The lowest BCUT2D eigenvalue weighted by atomic mass is 10.3. The molecule has 0 aliphatic rings. The van der Waals surface area contributed by atoms with E-state index in [1.54, 1.807) is 0 Å². The molecule has 2 aromatic heterocycles. The van der Waals surface area contributed by atoms with Crippen LogP contribution in [0.5, 0.6) is 0 Å². The van der Waals surface area contributed by atoms with Gasteiger partial charge in [0.1, 0.15) is 0 Å². The zero-order chi connectivity index (χ0) is 16.4. The second-order valence-electron chi connectivity index (χ2n) is 4.76. The van der Waals surface area contributed by atoms with Crippen molar-refractivity contribution in [3.63, 3.8) is 0 Å². The summed E-state index contributed by atoms with van der Waals surface area (Å²) in [5.41, 5.74) is 2.49. The molecule has 0 fully saturated rings. The van der Waals surface area contributed by atoms with Gasteiger partial charge in [-0.05, 0) is 19.1 Å². The number of carbonyl (C=O) groups excluding carboxylic acids is 1. The Labute approximate surface area is 146 Å². The number of nitrogens with zero attached hydrogens (tertiary/aromatic N) is 2. The minimum absolute atomic E-state index is 0.135. The minimum Gasteiger partial charge on any atom is -0.330 e. The van der Waals surface area contributed by atoms with Gasteiger partial charge in [-0.3, -0.25) is 4.79 Å². The Balaban J connectivity index is 1.83. The van der Waals surface area contributed by atoms with Crippen LogP contribution in [0, 0.1) is 6.92 Å². The number of anilines is 3. The van der Waals surface area contributed by atoms with Gasteiger partial charge in [0.15, 0.2) is 10.3 Å². The number of carbonyl (C=O) groups is 1. The molecule has 0 bridgehead atoms. The maximum Gasteiger partial charge on any atom is 0.223 e. The highest BCUT2D eigenvalue weighted by Gasteiger charge is 2.14. The number of halogens is 1. The predicted octanol–water partition coefficient (Wildman–Crippen LogP) is 4.93. The Morgan fingerprint density at radius 3 is 2.74 bits per heavy atom. The van der Waals surface area contributed by atoms with Crippen molar-refractivity contribution in [3.05, 3.63) is 40.4 Å². The van der Waals surface area contributed by atoms with Crippen molar-refractivity contribution in [1.82, 2.24) is 9.97 Å². The standard InChI is InChI=1S/C15H13ClN4OS2/c1-8-13(23-15(17-8)18-9(2)21)12-7-22-14(20-12)19-11-6-4-3-5-10(11)16/h3-7H,1-2H3,(H,19,20)(H,17,18,21). The molecule has 0 aliphatic heterocycles. The lowest BCUT2D eigenvalue weighted by Crippen LogP contribution is -2.04. The van der Waals surface area contributed by atoms with Gasteiger partial charge in [-0.25, -0.2) is 9.97 Å². The van der Waals surface area contributed by atoms with Crippen molar-refractivity contribution in [3.8, 4) is 10.6 Å². The largest absolute Gasteiger partial charge is 0.330 e. The van der Waals surface area contributed by atoms with Crippen LogP contribution < -0.4 is 10.6 Å². The molecule has 0 radical (unpaired) electrons. The molecule has 5 nitrogen and oxygen atoms in total. The summed E-state index contributed by atoms with van der Waals surface area (Å²) >= 11 is 9.04. The third-order valence-electron chi connectivity index (χ3n) is 2.93. The SMILES string of the molecule is CC(=O)Nc1nc(C)c(-c2csc(Nc3ccccc3Cl)n2)s1. The van der Waals surface area contributed by atoms with Gasteiger partial charge in [0.25, 0.3) is 0 Å². The molecular weight excluding hydrogens is 352 g/mol. The van der Waals surface area contributed by atoms with Gasteiger partial charge in [-0.2, -0.15) is 0 Å². The van der Waals surface area contributed by atoms with E-state index in [-0.39, 0.29) is 5.91 Å². The Hall–Kier alpha value is -1.96. The zero-order valence-corrected chi connectivity index (χ0v) is 14.8. The van der Waals surface area contributed by atoms with Gasteiger partial charge >= 0.3 is 0 Å². The molecule has 118 valence electrons. The first kappa shape index (κ1) is 15.9. The molecule has 0 atom stereocenters. The number of thiazole rings is 2.